The average molecular weight is 292 g/mol. The fourth-order valence-corrected chi connectivity index (χ4v) is 3.08. The molecule has 1 unspecified atom stereocenters. The van der Waals surface area contributed by atoms with Gasteiger partial charge in [0.25, 0.3) is 0 Å². The van der Waals surface area contributed by atoms with E-state index >= 15 is 0 Å². The molecule has 0 saturated heterocycles. The number of nitrogens with one attached hydrogen (secondary N) is 1. The Kier molecular flexibility index (Phi) is 5.65. The van der Waals surface area contributed by atoms with Crippen molar-refractivity contribution < 1.29 is 4.74 Å². The van der Waals surface area contributed by atoms with Crippen molar-refractivity contribution in [2.75, 3.05) is 11.1 Å². The number of anilines is 2. The molecule has 21 heavy (non-hydrogen) atoms. The predicted octanol–water partition coefficient (Wildman–Crippen LogP) is 3.62. The van der Waals surface area contributed by atoms with Gasteiger partial charge in [-0.2, -0.15) is 4.98 Å². The molecular formula is C16H28N4O. The first-order chi connectivity index (χ1) is 10.1. The minimum absolute atomic E-state index is 0.0513. The molecule has 1 heterocycles. The Morgan fingerprint density at radius 2 is 2.00 bits per heavy atom. The zero-order chi connectivity index (χ0) is 15.2. The Morgan fingerprint density at radius 3 is 2.62 bits per heavy atom. The van der Waals surface area contributed by atoms with E-state index < -0.39 is 0 Å². The smallest absolute Gasteiger partial charge is 0.242 e. The molecule has 0 radical (unpaired) electrons. The lowest BCUT2D eigenvalue weighted by molar-refractivity contribution is 0.234. The molecule has 5 nitrogen and oxygen atoms in total. The van der Waals surface area contributed by atoms with Crippen LogP contribution in [0.3, 0.4) is 0 Å². The molecule has 1 fully saturated rings. The molecule has 0 bridgehead atoms. The molecule has 1 saturated carbocycles. The number of hydrogen-bond acceptors (Lipinski definition) is 5. The first-order valence-corrected chi connectivity index (χ1v) is 8.15. The second kappa shape index (κ2) is 7.48. The molecule has 1 atom stereocenters. The minimum atomic E-state index is 0.0513. The lowest BCUT2D eigenvalue weighted by atomic mass is 9.83. The van der Waals surface area contributed by atoms with Gasteiger partial charge in [0.2, 0.25) is 5.88 Å². The molecule has 0 aliphatic heterocycles. The summed E-state index contributed by atoms with van der Waals surface area (Å²) in [6, 6.07) is 0.425. The Morgan fingerprint density at radius 1 is 1.29 bits per heavy atom. The molecule has 0 amide bonds. The maximum atomic E-state index is 6.15. The SMILES string of the molecule is CCC(Nc1ncnc(OC(C)C)c1N)C1CCCCC1. The van der Waals surface area contributed by atoms with Crippen LogP contribution < -0.4 is 15.8 Å². The zero-order valence-electron chi connectivity index (χ0n) is 13.4. The Labute approximate surface area is 127 Å². The number of nitrogens with zero attached hydrogens (tertiary/aromatic N) is 2. The molecular weight excluding hydrogens is 264 g/mol. The summed E-state index contributed by atoms with van der Waals surface area (Å²) in [6.45, 7) is 6.15. The van der Waals surface area contributed by atoms with Gasteiger partial charge in [0.05, 0.1) is 6.10 Å². The van der Waals surface area contributed by atoms with Crippen LogP contribution in [0.25, 0.3) is 0 Å². The first-order valence-electron chi connectivity index (χ1n) is 8.15. The quantitative estimate of drug-likeness (QED) is 0.837. The van der Waals surface area contributed by atoms with Crippen LogP contribution in [0.2, 0.25) is 0 Å². The Balaban J connectivity index is 2.09. The van der Waals surface area contributed by atoms with Crippen LogP contribution >= 0.6 is 0 Å². The molecule has 1 aliphatic rings. The fraction of sp³-hybridized carbons (Fsp3) is 0.750. The molecule has 0 aromatic carbocycles. The Bertz CT molecular complexity index is 444. The molecule has 5 heteroatoms. The second-order valence-electron chi connectivity index (χ2n) is 6.16. The van der Waals surface area contributed by atoms with Crippen molar-refractivity contribution in [3.05, 3.63) is 6.33 Å². The highest BCUT2D eigenvalue weighted by atomic mass is 16.5. The van der Waals surface area contributed by atoms with E-state index in [1.54, 1.807) is 0 Å². The van der Waals surface area contributed by atoms with E-state index in [0.29, 0.717) is 29.3 Å². The number of nitrogens with two attached hydrogens (primary N) is 1. The van der Waals surface area contributed by atoms with Crippen molar-refractivity contribution in [1.82, 2.24) is 9.97 Å². The number of ether oxygens (including phenoxy) is 1. The van der Waals surface area contributed by atoms with Crippen LogP contribution in [-0.2, 0) is 0 Å². The van der Waals surface area contributed by atoms with E-state index in [-0.39, 0.29) is 6.10 Å². The molecule has 1 aromatic heterocycles. The van der Waals surface area contributed by atoms with Gasteiger partial charge in [0, 0.05) is 6.04 Å². The van der Waals surface area contributed by atoms with E-state index in [2.05, 4.69) is 22.2 Å². The summed E-state index contributed by atoms with van der Waals surface area (Å²) >= 11 is 0. The van der Waals surface area contributed by atoms with Crippen LogP contribution in [0.4, 0.5) is 11.5 Å². The highest BCUT2D eigenvalue weighted by Gasteiger charge is 2.23. The van der Waals surface area contributed by atoms with Gasteiger partial charge in [-0.3, -0.25) is 0 Å². The zero-order valence-corrected chi connectivity index (χ0v) is 13.4. The molecule has 2 rings (SSSR count). The van der Waals surface area contributed by atoms with Crippen LogP contribution in [0.1, 0.15) is 59.3 Å². The van der Waals surface area contributed by atoms with Crippen molar-refractivity contribution in [3.8, 4) is 5.88 Å². The van der Waals surface area contributed by atoms with E-state index in [9.17, 15) is 0 Å². The summed E-state index contributed by atoms with van der Waals surface area (Å²) in [7, 11) is 0. The summed E-state index contributed by atoms with van der Waals surface area (Å²) in [6.07, 6.45) is 9.29. The molecule has 1 aromatic rings. The summed E-state index contributed by atoms with van der Waals surface area (Å²) in [4.78, 5) is 8.43. The summed E-state index contributed by atoms with van der Waals surface area (Å²) < 4.78 is 5.63. The largest absolute Gasteiger partial charge is 0.473 e. The molecule has 1 aliphatic carbocycles. The number of nitrogen functional groups attached to an aromatic ring is 1. The highest BCUT2D eigenvalue weighted by molar-refractivity contribution is 5.66. The summed E-state index contributed by atoms with van der Waals surface area (Å²) in [5, 5.41) is 3.52. The maximum Gasteiger partial charge on any atom is 0.242 e. The summed E-state index contributed by atoms with van der Waals surface area (Å²) in [5.41, 5.74) is 6.67. The van der Waals surface area contributed by atoms with Crippen molar-refractivity contribution in [2.45, 2.75) is 71.4 Å². The third-order valence-corrected chi connectivity index (χ3v) is 4.18. The van der Waals surface area contributed by atoms with Crippen molar-refractivity contribution in [3.63, 3.8) is 0 Å². The van der Waals surface area contributed by atoms with Crippen LogP contribution in [0, 0.1) is 5.92 Å². The van der Waals surface area contributed by atoms with Gasteiger partial charge in [-0.25, -0.2) is 4.98 Å². The lowest BCUT2D eigenvalue weighted by Gasteiger charge is -2.31. The van der Waals surface area contributed by atoms with E-state index in [0.717, 1.165) is 6.42 Å². The normalized spacial score (nSPS) is 17.7. The van der Waals surface area contributed by atoms with E-state index in [1.165, 1.54) is 38.4 Å². The average Bonchev–Trinajstić information content (AvgIpc) is 2.48. The minimum Gasteiger partial charge on any atom is -0.473 e. The van der Waals surface area contributed by atoms with Crippen LogP contribution in [0.15, 0.2) is 6.33 Å². The first kappa shape index (κ1) is 15.9. The monoisotopic (exact) mass is 292 g/mol. The summed E-state index contributed by atoms with van der Waals surface area (Å²) in [5.74, 6) is 1.90. The molecule has 118 valence electrons. The van der Waals surface area contributed by atoms with E-state index in [1.807, 2.05) is 13.8 Å². The van der Waals surface area contributed by atoms with Gasteiger partial charge >= 0.3 is 0 Å². The second-order valence-corrected chi connectivity index (χ2v) is 6.16. The highest BCUT2D eigenvalue weighted by Crippen LogP contribution is 2.32. The fourth-order valence-electron chi connectivity index (χ4n) is 3.08. The number of aromatic nitrogens is 2. The number of rotatable bonds is 6. The van der Waals surface area contributed by atoms with Gasteiger partial charge in [0.1, 0.15) is 12.0 Å². The van der Waals surface area contributed by atoms with Crippen molar-refractivity contribution >= 4 is 11.5 Å². The number of hydrogen-bond donors (Lipinski definition) is 2. The Hall–Kier alpha value is -1.52. The van der Waals surface area contributed by atoms with Gasteiger partial charge in [-0.15, -0.1) is 0 Å². The van der Waals surface area contributed by atoms with Crippen LogP contribution in [0.5, 0.6) is 5.88 Å². The van der Waals surface area contributed by atoms with Gasteiger partial charge in [-0.05, 0) is 39.0 Å². The van der Waals surface area contributed by atoms with Gasteiger partial charge in [0.15, 0.2) is 5.82 Å². The van der Waals surface area contributed by atoms with Crippen molar-refractivity contribution in [1.29, 1.82) is 0 Å². The van der Waals surface area contributed by atoms with Crippen LogP contribution in [-0.4, -0.2) is 22.1 Å². The standard InChI is InChI=1S/C16H28N4O/c1-4-13(12-8-6-5-7-9-12)20-15-14(17)16(19-10-18-15)21-11(2)3/h10-13H,4-9,17H2,1-3H3,(H,18,19,20). The third kappa shape index (κ3) is 4.22. The third-order valence-electron chi connectivity index (χ3n) is 4.18. The molecule has 3 N–H and O–H groups in total. The van der Waals surface area contributed by atoms with E-state index in [4.69, 9.17) is 10.5 Å². The lowest BCUT2D eigenvalue weighted by Crippen LogP contribution is -2.31. The predicted molar refractivity (Wildman–Crippen MR) is 86.5 cm³/mol. The van der Waals surface area contributed by atoms with Gasteiger partial charge in [-0.1, -0.05) is 26.2 Å². The maximum absolute atomic E-state index is 6.15. The molecule has 0 spiro atoms. The van der Waals surface area contributed by atoms with Crippen molar-refractivity contribution in [2.24, 2.45) is 5.92 Å². The van der Waals surface area contributed by atoms with Gasteiger partial charge < -0.3 is 15.8 Å². The topological polar surface area (TPSA) is 73.1 Å².